The topological polar surface area (TPSA) is 215 Å². The van der Waals surface area contributed by atoms with E-state index in [1.807, 2.05) is 74.5 Å². The molecular weight excluding hydrogens is 845 g/mol. The van der Waals surface area contributed by atoms with Crippen molar-refractivity contribution >= 4 is 59.1 Å². The molecule has 0 saturated carbocycles. The molecule has 20 heteroatoms. The van der Waals surface area contributed by atoms with Crippen molar-refractivity contribution in [2.75, 3.05) is 40.6 Å². The summed E-state index contributed by atoms with van der Waals surface area (Å²) in [5.41, 5.74) is 5.79. The molecule has 0 aromatic heterocycles. The zero-order valence-electron chi connectivity index (χ0n) is 32.2. The lowest BCUT2D eigenvalue weighted by Gasteiger charge is -2.09. The lowest BCUT2D eigenvalue weighted by atomic mass is 10.0. The van der Waals surface area contributed by atoms with Crippen LogP contribution in [0.2, 0.25) is 0 Å². The quantitative estimate of drug-likeness (QED) is 0.0285. The number of aryl methyl sites for hydroxylation is 2. The summed E-state index contributed by atoms with van der Waals surface area (Å²) in [5.74, 6) is -0.433. The van der Waals surface area contributed by atoms with Crippen LogP contribution in [-0.2, 0) is 68.1 Å². The van der Waals surface area contributed by atoms with Crippen molar-refractivity contribution in [3.8, 4) is 16.9 Å². The molecule has 0 N–H and O–H groups in total. The molecule has 0 bridgehead atoms. The van der Waals surface area contributed by atoms with Gasteiger partial charge in [-0.25, -0.2) is 21.6 Å². The molecule has 0 saturated heterocycles. The van der Waals surface area contributed by atoms with E-state index in [1.54, 1.807) is 12.1 Å². The van der Waals surface area contributed by atoms with Gasteiger partial charge in [0.05, 0.1) is 39.9 Å². The highest BCUT2D eigenvalue weighted by atomic mass is 32.3. The summed E-state index contributed by atoms with van der Waals surface area (Å²) in [4.78, 5) is 12.1. The van der Waals surface area contributed by atoms with Gasteiger partial charge in [-0.15, -0.1) is 0 Å². The van der Waals surface area contributed by atoms with Crippen LogP contribution < -0.4 is 4.74 Å². The molecule has 0 radical (unpaired) electrons. The highest BCUT2D eigenvalue weighted by Crippen LogP contribution is 2.24. The minimum atomic E-state index is -4.21. The Kier molecular flexibility index (Phi) is 18.0. The Bertz CT molecular complexity index is 2570. The van der Waals surface area contributed by atoms with Crippen LogP contribution in [0.15, 0.2) is 149 Å². The van der Waals surface area contributed by atoms with Gasteiger partial charge < -0.3 is 31.0 Å². The average Bonchev–Trinajstić information content (AvgIpc) is 3.21. The Morgan fingerprint density at radius 1 is 0.525 bits per heavy atom. The molecule has 0 aliphatic heterocycles. The third-order valence-corrected chi connectivity index (χ3v) is 12.6. The molecule has 0 aliphatic carbocycles. The van der Waals surface area contributed by atoms with Gasteiger partial charge in [0.15, 0.2) is 0 Å². The van der Waals surface area contributed by atoms with E-state index in [2.05, 4.69) is 17.8 Å². The Hall–Kier alpha value is -5.19. The fourth-order valence-corrected chi connectivity index (χ4v) is 8.16. The summed E-state index contributed by atoms with van der Waals surface area (Å²) in [7, 11) is -10.1. The number of methoxy groups -OCH3 is 2. The lowest BCUT2D eigenvalue weighted by Crippen LogP contribution is -2.08. The Labute approximate surface area is 347 Å². The Balaban J connectivity index is 0.000000268. The summed E-state index contributed by atoms with van der Waals surface area (Å²) >= 11 is 0. The first-order valence-corrected chi connectivity index (χ1v) is 22.3. The van der Waals surface area contributed by atoms with Crippen molar-refractivity contribution in [1.82, 2.24) is 0 Å². The number of carbonyl (C=O) groups excluding carboxylic acids is 1. The van der Waals surface area contributed by atoms with Crippen molar-refractivity contribution in [2.24, 2.45) is 17.8 Å². The molecule has 0 aliphatic rings. The first-order chi connectivity index (χ1) is 28.2. The number of nitrogens with zero attached hydrogens (tertiary/aromatic N) is 4. The maximum Gasteiger partial charge on any atom is 0.343 e. The van der Waals surface area contributed by atoms with Crippen LogP contribution in [-0.4, -0.2) is 63.5 Å². The molecule has 0 heterocycles. The van der Waals surface area contributed by atoms with Crippen molar-refractivity contribution < 1.29 is 52.6 Å². The standard InChI is InChI=1S/C23H22NO7S2.C16H18N3O5S2/c1-17-3-5-18(6-4-17)19-7-9-20(10-8-19)23(25)31-21-11-13-22(14-12-21)33(27,28)24-32(26)30-16-15-29-2;1-13-3-5-14(6-4-13)17-18-15-7-9-16(10-8-15)26(21,22)19-25(20)24-12-11-23-2/h3-14H,15-16H2,1-2H3;3-10H,11-12H2,1-2H3/q2*-1. The van der Waals surface area contributed by atoms with Gasteiger partial charge in [0, 0.05) is 27.4 Å². The van der Waals surface area contributed by atoms with Gasteiger partial charge in [0.1, 0.15) is 5.75 Å². The first kappa shape index (κ1) is 46.5. The number of benzene rings is 5. The molecule has 0 unspecified atom stereocenters. The second kappa shape index (κ2) is 22.8. The number of carbonyl (C=O) groups is 1. The van der Waals surface area contributed by atoms with Crippen LogP contribution in [0, 0.1) is 13.8 Å². The second-order valence-electron chi connectivity index (χ2n) is 12.0. The molecular formula is C39H40N4O12S4-2. The Morgan fingerprint density at radius 3 is 1.32 bits per heavy atom. The van der Waals surface area contributed by atoms with E-state index in [1.165, 1.54) is 62.8 Å². The van der Waals surface area contributed by atoms with Gasteiger partial charge in [-0.1, -0.05) is 59.7 Å². The van der Waals surface area contributed by atoms with Crippen molar-refractivity contribution in [3.05, 3.63) is 138 Å². The van der Waals surface area contributed by atoms with Gasteiger partial charge in [-0.2, -0.15) is 10.2 Å². The van der Waals surface area contributed by atoms with Gasteiger partial charge in [-0.3, -0.25) is 7.54 Å². The van der Waals surface area contributed by atoms with Crippen LogP contribution in [0.5, 0.6) is 5.75 Å². The molecule has 16 nitrogen and oxygen atoms in total. The summed E-state index contributed by atoms with van der Waals surface area (Å²) in [6.07, 6.45) is 0. The number of hydrogen-bond donors (Lipinski definition) is 0. The number of hydrogen-bond acceptors (Lipinski definition) is 16. The third kappa shape index (κ3) is 15.5. The van der Waals surface area contributed by atoms with Gasteiger partial charge in [0.2, 0.25) is 0 Å². The minimum Gasteiger partial charge on any atom is -0.435 e. The molecule has 5 aromatic carbocycles. The molecule has 0 atom stereocenters. The summed E-state index contributed by atoms with van der Waals surface area (Å²) < 4.78 is 102. The molecule has 0 fully saturated rings. The number of rotatable bonds is 17. The zero-order chi connectivity index (χ0) is 42.8. The lowest BCUT2D eigenvalue weighted by molar-refractivity contribution is 0.0734. The average molecular weight is 885 g/mol. The number of ether oxygens (including phenoxy) is 3. The smallest absolute Gasteiger partial charge is 0.343 e. The van der Waals surface area contributed by atoms with E-state index in [9.17, 15) is 30.0 Å². The van der Waals surface area contributed by atoms with E-state index in [4.69, 9.17) is 22.6 Å². The molecule has 314 valence electrons. The van der Waals surface area contributed by atoms with Gasteiger partial charge in [-0.05, 0) is 120 Å². The van der Waals surface area contributed by atoms with E-state index < -0.39 is 47.8 Å². The molecule has 5 rings (SSSR count). The van der Waals surface area contributed by atoms with E-state index >= 15 is 0 Å². The van der Waals surface area contributed by atoms with Crippen molar-refractivity contribution in [3.63, 3.8) is 0 Å². The minimum absolute atomic E-state index is 0.0273. The number of sulfonamides is 2. The highest BCUT2D eigenvalue weighted by Gasteiger charge is 2.13. The van der Waals surface area contributed by atoms with Crippen molar-refractivity contribution in [2.45, 2.75) is 23.6 Å². The highest BCUT2D eigenvalue weighted by molar-refractivity contribution is 7.95. The first-order valence-electron chi connectivity index (χ1n) is 17.3. The predicted molar refractivity (Wildman–Crippen MR) is 221 cm³/mol. The monoisotopic (exact) mass is 884 g/mol. The van der Waals surface area contributed by atoms with E-state index in [0.717, 1.165) is 22.3 Å². The summed E-state index contributed by atoms with van der Waals surface area (Å²) in [6.45, 7) is 4.22. The normalized spacial score (nSPS) is 12.8. The summed E-state index contributed by atoms with van der Waals surface area (Å²) in [6, 6.07) is 33.1. The van der Waals surface area contributed by atoms with Gasteiger partial charge in [0.25, 0.3) is 20.0 Å². The fourth-order valence-electron chi connectivity index (χ4n) is 4.47. The maximum absolute atomic E-state index is 12.4. The van der Waals surface area contributed by atoms with E-state index in [0.29, 0.717) is 16.9 Å². The Morgan fingerprint density at radius 2 is 0.898 bits per heavy atom. The summed E-state index contributed by atoms with van der Waals surface area (Å²) in [5, 5.41) is 8.11. The molecule has 0 amide bonds. The predicted octanol–water partition coefficient (Wildman–Crippen LogP) is 8.12. The van der Waals surface area contributed by atoms with Crippen molar-refractivity contribution in [1.29, 1.82) is 0 Å². The fraction of sp³-hybridized carbons (Fsp3) is 0.205. The molecule has 0 spiro atoms. The van der Waals surface area contributed by atoms with Crippen LogP contribution in [0.4, 0.5) is 11.4 Å². The number of azo groups is 1. The number of esters is 1. The molecule has 5 aromatic rings. The second-order valence-corrected chi connectivity index (χ2v) is 17.4. The van der Waals surface area contributed by atoms with Crippen LogP contribution in [0.3, 0.4) is 0 Å². The SMILES string of the molecule is COCCO[S-](=O)=NS(=O)(=O)c1ccc(N=Nc2ccc(C)cc2)cc1.COCCO[S-](=O)=NS(=O)(=O)c1ccc(OC(=O)c2ccc(-c3ccc(C)cc3)cc2)cc1. The van der Waals surface area contributed by atoms with Crippen LogP contribution in [0.25, 0.3) is 11.1 Å². The van der Waals surface area contributed by atoms with Crippen LogP contribution >= 0.6 is 0 Å². The molecule has 59 heavy (non-hydrogen) atoms. The van der Waals surface area contributed by atoms with Crippen LogP contribution in [0.1, 0.15) is 21.5 Å². The zero-order valence-corrected chi connectivity index (χ0v) is 35.5. The maximum atomic E-state index is 12.4. The van der Waals surface area contributed by atoms with E-state index in [-0.39, 0.29) is 42.0 Å². The largest absolute Gasteiger partial charge is 0.435 e. The third-order valence-electron chi connectivity index (χ3n) is 7.55. The van der Waals surface area contributed by atoms with Gasteiger partial charge >= 0.3 is 5.97 Å².